The number of carbonyl (C=O) groups excluding carboxylic acids is 1. The van der Waals surface area contributed by atoms with Crippen molar-refractivity contribution in [3.8, 4) is 0 Å². The predicted molar refractivity (Wildman–Crippen MR) is 74.8 cm³/mol. The minimum Gasteiger partial charge on any atom is -0.462 e. The van der Waals surface area contributed by atoms with Gasteiger partial charge in [-0.1, -0.05) is 20.3 Å². The average molecular weight is 250 g/mol. The minimum absolute atomic E-state index is 0.316. The highest BCUT2D eigenvalue weighted by Crippen LogP contribution is 2.20. The highest BCUT2D eigenvalue weighted by atomic mass is 16.5. The summed E-state index contributed by atoms with van der Waals surface area (Å²) in [6.45, 7) is 5.43. The topological polar surface area (TPSA) is 64.3 Å². The lowest BCUT2D eigenvalue weighted by Crippen LogP contribution is -2.08. The van der Waals surface area contributed by atoms with Crippen LogP contribution in [0.1, 0.15) is 43.5 Å². The summed E-state index contributed by atoms with van der Waals surface area (Å²) >= 11 is 0. The molecular formula is C14H22N2O2. The Morgan fingerprint density at radius 1 is 1.33 bits per heavy atom. The Morgan fingerprint density at radius 3 is 2.72 bits per heavy atom. The SMILES string of the molecule is CCCCNc1ccc(C(=O)OCCC)cc1N. The van der Waals surface area contributed by atoms with Gasteiger partial charge in [-0.05, 0) is 31.0 Å². The summed E-state index contributed by atoms with van der Waals surface area (Å²) < 4.78 is 5.06. The molecule has 0 spiro atoms. The number of carbonyl (C=O) groups is 1. The maximum Gasteiger partial charge on any atom is 0.338 e. The maximum absolute atomic E-state index is 11.6. The summed E-state index contributed by atoms with van der Waals surface area (Å²) in [5, 5.41) is 3.25. The normalized spacial score (nSPS) is 10.1. The number of esters is 1. The van der Waals surface area contributed by atoms with E-state index in [0.29, 0.717) is 17.9 Å². The largest absolute Gasteiger partial charge is 0.462 e. The van der Waals surface area contributed by atoms with Gasteiger partial charge in [0.25, 0.3) is 0 Å². The first-order valence-electron chi connectivity index (χ1n) is 6.49. The third kappa shape index (κ3) is 4.28. The zero-order valence-electron chi connectivity index (χ0n) is 11.2. The van der Waals surface area contributed by atoms with Gasteiger partial charge in [0.15, 0.2) is 0 Å². The van der Waals surface area contributed by atoms with Gasteiger partial charge in [0.1, 0.15) is 0 Å². The lowest BCUT2D eigenvalue weighted by molar-refractivity contribution is 0.0505. The molecule has 100 valence electrons. The predicted octanol–water partition coefficient (Wildman–Crippen LogP) is 3.05. The zero-order valence-corrected chi connectivity index (χ0v) is 11.2. The van der Waals surface area contributed by atoms with Gasteiger partial charge in [-0.15, -0.1) is 0 Å². The number of ether oxygens (including phenoxy) is 1. The van der Waals surface area contributed by atoms with E-state index in [1.54, 1.807) is 12.1 Å². The summed E-state index contributed by atoms with van der Waals surface area (Å²) in [6, 6.07) is 5.22. The fraction of sp³-hybridized carbons (Fsp3) is 0.500. The summed E-state index contributed by atoms with van der Waals surface area (Å²) in [7, 11) is 0. The van der Waals surface area contributed by atoms with Crippen LogP contribution in [-0.4, -0.2) is 19.1 Å². The monoisotopic (exact) mass is 250 g/mol. The lowest BCUT2D eigenvalue weighted by atomic mass is 10.1. The molecule has 0 aliphatic heterocycles. The number of unbranched alkanes of at least 4 members (excludes halogenated alkanes) is 1. The molecule has 0 aliphatic rings. The molecule has 0 amide bonds. The summed E-state index contributed by atoms with van der Waals surface area (Å²) in [5.41, 5.74) is 7.85. The molecule has 0 unspecified atom stereocenters. The fourth-order valence-electron chi connectivity index (χ4n) is 1.53. The molecule has 0 fully saturated rings. The minimum atomic E-state index is -0.316. The van der Waals surface area contributed by atoms with Crippen molar-refractivity contribution in [2.75, 3.05) is 24.2 Å². The summed E-state index contributed by atoms with van der Waals surface area (Å²) in [6.07, 6.45) is 3.05. The second-order valence-electron chi connectivity index (χ2n) is 4.22. The molecule has 0 saturated carbocycles. The quantitative estimate of drug-likeness (QED) is 0.443. The van der Waals surface area contributed by atoms with Crippen molar-refractivity contribution in [1.29, 1.82) is 0 Å². The molecule has 0 heterocycles. The van der Waals surface area contributed by atoms with Crippen molar-refractivity contribution >= 4 is 17.3 Å². The second kappa shape index (κ2) is 7.58. The molecule has 0 bridgehead atoms. The molecular weight excluding hydrogens is 228 g/mol. The first-order valence-corrected chi connectivity index (χ1v) is 6.49. The van der Waals surface area contributed by atoms with Gasteiger partial charge in [-0.3, -0.25) is 0 Å². The van der Waals surface area contributed by atoms with E-state index in [4.69, 9.17) is 10.5 Å². The Kier molecular flexibility index (Phi) is 6.05. The molecule has 1 rings (SSSR count). The number of anilines is 2. The summed E-state index contributed by atoms with van der Waals surface area (Å²) in [4.78, 5) is 11.6. The number of hydrogen-bond acceptors (Lipinski definition) is 4. The Bertz CT molecular complexity index is 391. The number of rotatable bonds is 7. The standard InChI is InChI=1S/C14H22N2O2/c1-3-5-8-16-13-7-6-11(10-12(13)15)14(17)18-9-4-2/h6-7,10,16H,3-5,8-9,15H2,1-2H3. The molecule has 0 atom stereocenters. The van der Waals surface area contributed by atoms with E-state index in [1.165, 1.54) is 0 Å². The van der Waals surface area contributed by atoms with Gasteiger partial charge in [-0.25, -0.2) is 4.79 Å². The van der Waals surface area contributed by atoms with Crippen LogP contribution in [0.15, 0.2) is 18.2 Å². The maximum atomic E-state index is 11.6. The fourth-order valence-corrected chi connectivity index (χ4v) is 1.53. The first-order chi connectivity index (χ1) is 8.69. The van der Waals surface area contributed by atoms with Crippen LogP contribution in [0.4, 0.5) is 11.4 Å². The smallest absolute Gasteiger partial charge is 0.338 e. The van der Waals surface area contributed by atoms with Crippen LogP contribution in [0.5, 0.6) is 0 Å². The Morgan fingerprint density at radius 2 is 2.11 bits per heavy atom. The molecule has 3 N–H and O–H groups in total. The van der Waals surface area contributed by atoms with E-state index in [-0.39, 0.29) is 5.97 Å². The van der Waals surface area contributed by atoms with E-state index in [9.17, 15) is 4.79 Å². The van der Waals surface area contributed by atoms with E-state index in [0.717, 1.165) is 31.5 Å². The molecule has 1 aromatic carbocycles. The van der Waals surface area contributed by atoms with E-state index < -0.39 is 0 Å². The highest BCUT2D eigenvalue weighted by Gasteiger charge is 2.08. The van der Waals surface area contributed by atoms with Gasteiger partial charge in [0.2, 0.25) is 0 Å². The van der Waals surface area contributed by atoms with Gasteiger partial charge in [0.05, 0.1) is 23.5 Å². The Labute approximate surface area is 109 Å². The number of nitrogens with two attached hydrogens (primary N) is 1. The number of nitrogen functional groups attached to an aromatic ring is 1. The van der Waals surface area contributed by atoms with Gasteiger partial charge >= 0.3 is 5.97 Å². The lowest BCUT2D eigenvalue weighted by Gasteiger charge is -2.10. The first kappa shape index (κ1) is 14.4. The third-order valence-electron chi connectivity index (χ3n) is 2.57. The zero-order chi connectivity index (χ0) is 13.4. The second-order valence-corrected chi connectivity index (χ2v) is 4.22. The van der Waals surface area contributed by atoms with Gasteiger partial charge in [-0.2, -0.15) is 0 Å². The molecule has 4 nitrogen and oxygen atoms in total. The molecule has 0 saturated heterocycles. The van der Waals surface area contributed by atoms with Crippen LogP contribution in [-0.2, 0) is 4.74 Å². The average Bonchev–Trinajstić information content (AvgIpc) is 2.38. The third-order valence-corrected chi connectivity index (χ3v) is 2.57. The molecule has 0 aromatic heterocycles. The van der Waals surface area contributed by atoms with Crippen LogP contribution in [0.25, 0.3) is 0 Å². The number of hydrogen-bond donors (Lipinski definition) is 2. The van der Waals surface area contributed by atoms with Crippen molar-refractivity contribution in [2.24, 2.45) is 0 Å². The van der Waals surface area contributed by atoms with Crippen LogP contribution < -0.4 is 11.1 Å². The van der Waals surface area contributed by atoms with Crippen molar-refractivity contribution < 1.29 is 9.53 Å². The van der Waals surface area contributed by atoms with Crippen LogP contribution >= 0.6 is 0 Å². The van der Waals surface area contributed by atoms with Crippen molar-refractivity contribution in [3.63, 3.8) is 0 Å². The molecule has 0 aliphatic carbocycles. The summed E-state index contributed by atoms with van der Waals surface area (Å²) in [5.74, 6) is -0.316. The van der Waals surface area contributed by atoms with Crippen LogP contribution in [0, 0.1) is 0 Å². The Balaban J connectivity index is 2.63. The molecule has 4 heteroatoms. The molecule has 18 heavy (non-hydrogen) atoms. The van der Waals surface area contributed by atoms with E-state index in [2.05, 4.69) is 12.2 Å². The molecule has 0 radical (unpaired) electrons. The van der Waals surface area contributed by atoms with Gasteiger partial charge < -0.3 is 15.8 Å². The van der Waals surface area contributed by atoms with Crippen LogP contribution in [0.2, 0.25) is 0 Å². The molecule has 1 aromatic rings. The van der Waals surface area contributed by atoms with Crippen molar-refractivity contribution in [2.45, 2.75) is 33.1 Å². The highest BCUT2D eigenvalue weighted by molar-refractivity contribution is 5.91. The van der Waals surface area contributed by atoms with Crippen molar-refractivity contribution in [3.05, 3.63) is 23.8 Å². The number of benzene rings is 1. The number of nitrogens with one attached hydrogen (secondary N) is 1. The van der Waals surface area contributed by atoms with Crippen molar-refractivity contribution in [1.82, 2.24) is 0 Å². The van der Waals surface area contributed by atoms with E-state index >= 15 is 0 Å². The van der Waals surface area contributed by atoms with Crippen LogP contribution in [0.3, 0.4) is 0 Å². The van der Waals surface area contributed by atoms with Gasteiger partial charge in [0, 0.05) is 6.54 Å². The Hall–Kier alpha value is -1.71. The van der Waals surface area contributed by atoms with E-state index in [1.807, 2.05) is 13.0 Å².